The van der Waals surface area contributed by atoms with Crippen molar-refractivity contribution in [1.82, 2.24) is 0 Å². The van der Waals surface area contributed by atoms with Crippen LogP contribution >= 0.6 is 0 Å². The van der Waals surface area contributed by atoms with Gasteiger partial charge in [-0.2, -0.15) is 0 Å². The van der Waals surface area contributed by atoms with Crippen LogP contribution in [-0.2, 0) is 9.59 Å². The minimum Gasteiger partial charge on any atom is -0.481 e. The van der Waals surface area contributed by atoms with Crippen LogP contribution in [0.3, 0.4) is 0 Å². The third-order valence-electron chi connectivity index (χ3n) is 1.01. The largest absolute Gasteiger partial charge is 0.481 e. The SMILES string of the molecule is CC(O)C(C(=O)O)C(=O)O. The highest BCUT2D eigenvalue weighted by Crippen LogP contribution is 2.02. The summed E-state index contributed by atoms with van der Waals surface area (Å²) in [6.07, 6.45) is -1.37. The zero-order valence-corrected chi connectivity index (χ0v) is 5.31. The molecule has 1 atom stereocenters. The van der Waals surface area contributed by atoms with Gasteiger partial charge in [0.25, 0.3) is 0 Å². The van der Waals surface area contributed by atoms with Gasteiger partial charge >= 0.3 is 11.9 Å². The first kappa shape index (κ1) is 8.90. The van der Waals surface area contributed by atoms with Crippen LogP contribution in [0.1, 0.15) is 6.92 Å². The number of carboxylic acids is 2. The van der Waals surface area contributed by atoms with Crippen molar-refractivity contribution in [3.05, 3.63) is 0 Å². The summed E-state index contributed by atoms with van der Waals surface area (Å²) in [5.74, 6) is -4.77. The molecule has 0 fully saturated rings. The number of aliphatic hydroxyl groups is 1. The Balaban J connectivity index is 4.27. The normalized spacial score (nSPS) is 13.1. The molecule has 0 amide bonds. The molecule has 0 saturated heterocycles. The second-order valence-corrected chi connectivity index (χ2v) is 1.89. The predicted molar refractivity (Wildman–Crippen MR) is 30.4 cm³/mol. The highest BCUT2D eigenvalue weighted by Gasteiger charge is 2.30. The van der Waals surface area contributed by atoms with Gasteiger partial charge in [-0.05, 0) is 6.92 Å². The van der Waals surface area contributed by atoms with E-state index in [1.54, 1.807) is 0 Å². The van der Waals surface area contributed by atoms with Gasteiger partial charge in [0.15, 0.2) is 5.92 Å². The zero-order chi connectivity index (χ0) is 8.31. The Hall–Kier alpha value is -1.10. The lowest BCUT2D eigenvalue weighted by atomic mass is 10.1. The first-order valence-electron chi connectivity index (χ1n) is 2.60. The molecule has 0 bridgehead atoms. The van der Waals surface area contributed by atoms with Crippen LogP contribution in [0, 0.1) is 5.92 Å². The van der Waals surface area contributed by atoms with Gasteiger partial charge < -0.3 is 15.3 Å². The fourth-order valence-electron chi connectivity index (χ4n) is 0.518. The Morgan fingerprint density at radius 1 is 1.20 bits per heavy atom. The van der Waals surface area contributed by atoms with Crippen LogP contribution in [0.4, 0.5) is 0 Å². The molecule has 0 rings (SSSR count). The molecule has 0 spiro atoms. The molecular weight excluding hydrogens is 140 g/mol. The lowest BCUT2D eigenvalue weighted by molar-refractivity contribution is -0.159. The Kier molecular flexibility index (Phi) is 2.82. The smallest absolute Gasteiger partial charge is 0.320 e. The standard InChI is InChI=1S/C5H8O5/c1-2(6)3(4(7)8)5(9)10/h2-3,6H,1H3,(H,7,8)(H,9,10). The Morgan fingerprint density at radius 3 is 1.50 bits per heavy atom. The van der Waals surface area contributed by atoms with E-state index in [0.717, 1.165) is 6.92 Å². The quantitative estimate of drug-likeness (QED) is 0.453. The van der Waals surface area contributed by atoms with Crippen LogP contribution in [0.5, 0.6) is 0 Å². The summed E-state index contributed by atoms with van der Waals surface area (Å²) in [5.41, 5.74) is 0. The molecule has 3 N–H and O–H groups in total. The third kappa shape index (κ3) is 2.02. The first-order valence-corrected chi connectivity index (χ1v) is 2.60. The summed E-state index contributed by atoms with van der Waals surface area (Å²) in [5, 5.41) is 24.9. The summed E-state index contributed by atoms with van der Waals surface area (Å²) in [6, 6.07) is 0. The van der Waals surface area contributed by atoms with Crippen LogP contribution in [-0.4, -0.2) is 33.4 Å². The van der Waals surface area contributed by atoms with Gasteiger partial charge in [-0.1, -0.05) is 0 Å². The maximum Gasteiger partial charge on any atom is 0.320 e. The first-order chi connectivity index (χ1) is 4.46. The Morgan fingerprint density at radius 2 is 1.50 bits per heavy atom. The molecule has 0 radical (unpaired) electrons. The van der Waals surface area contributed by atoms with E-state index < -0.39 is 24.0 Å². The van der Waals surface area contributed by atoms with Crippen molar-refractivity contribution in [1.29, 1.82) is 0 Å². The van der Waals surface area contributed by atoms with Gasteiger partial charge in [0.1, 0.15) is 0 Å². The number of aliphatic carboxylic acids is 2. The second-order valence-electron chi connectivity index (χ2n) is 1.89. The van der Waals surface area contributed by atoms with Crippen molar-refractivity contribution < 1.29 is 24.9 Å². The van der Waals surface area contributed by atoms with Crippen molar-refractivity contribution in [2.24, 2.45) is 5.92 Å². The van der Waals surface area contributed by atoms with E-state index in [1.807, 2.05) is 0 Å². The fraction of sp³-hybridized carbons (Fsp3) is 0.600. The molecule has 0 aliphatic rings. The van der Waals surface area contributed by atoms with Crippen LogP contribution in [0.2, 0.25) is 0 Å². The van der Waals surface area contributed by atoms with E-state index in [2.05, 4.69) is 0 Å². The second kappa shape index (κ2) is 3.17. The lowest BCUT2D eigenvalue weighted by Crippen LogP contribution is -2.32. The summed E-state index contributed by atoms with van der Waals surface area (Å²) in [4.78, 5) is 20.1. The van der Waals surface area contributed by atoms with Gasteiger partial charge in [-0.3, -0.25) is 9.59 Å². The molecule has 0 aromatic heterocycles. The average Bonchev–Trinajstić information content (AvgIpc) is 1.59. The topological polar surface area (TPSA) is 94.8 Å². The molecule has 0 saturated carbocycles. The van der Waals surface area contributed by atoms with Crippen molar-refractivity contribution in [2.75, 3.05) is 0 Å². The molecule has 1 unspecified atom stereocenters. The fourth-order valence-corrected chi connectivity index (χ4v) is 0.518. The van der Waals surface area contributed by atoms with Crippen LogP contribution in [0.25, 0.3) is 0 Å². The average molecular weight is 148 g/mol. The molecule has 58 valence electrons. The predicted octanol–water partition coefficient (Wildman–Crippen LogP) is -0.847. The van der Waals surface area contributed by atoms with Gasteiger partial charge in [0.05, 0.1) is 6.10 Å². The van der Waals surface area contributed by atoms with Gasteiger partial charge in [-0.15, -0.1) is 0 Å². The highest BCUT2D eigenvalue weighted by molar-refractivity contribution is 5.93. The molecule has 0 aromatic rings. The van der Waals surface area contributed by atoms with Gasteiger partial charge in [-0.25, -0.2) is 0 Å². The van der Waals surface area contributed by atoms with E-state index in [4.69, 9.17) is 15.3 Å². The van der Waals surface area contributed by atoms with Crippen molar-refractivity contribution in [3.8, 4) is 0 Å². The lowest BCUT2D eigenvalue weighted by Gasteiger charge is -2.08. The highest BCUT2D eigenvalue weighted by atomic mass is 16.4. The number of hydrogen-bond donors (Lipinski definition) is 3. The van der Waals surface area contributed by atoms with Gasteiger partial charge in [0.2, 0.25) is 0 Å². The molecule has 5 nitrogen and oxygen atoms in total. The van der Waals surface area contributed by atoms with Crippen LogP contribution < -0.4 is 0 Å². The van der Waals surface area contributed by atoms with E-state index >= 15 is 0 Å². The van der Waals surface area contributed by atoms with Crippen LogP contribution in [0.15, 0.2) is 0 Å². The summed E-state index contributed by atoms with van der Waals surface area (Å²) < 4.78 is 0. The maximum absolute atomic E-state index is 10.0. The summed E-state index contributed by atoms with van der Waals surface area (Å²) >= 11 is 0. The zero-order valence-electron chi connectivity index (χ0n) is 5.31. The van der Waals surface area contributed by atoms with Crippen molar-refractivity contribution in [3.63, 3.8) is 0 Å². The number of carboxylic acid groups (broad SMARTS) is 2. The van der Waals surface area contributed by atoms with E-state index in [9.17, 15) is 9.59 Å². The number of rotatable bonds is 3. The van der Waals surface area contributed by atoms with E-state index in [1.165, 1.54) is 0 Å². The third-order valence-corrected chi connectivity index (χ3v) is 1.01. The molecule has 0 aliphatic carbocycles. The molecule has 0 heterocycles. The summed E-state index contributed by atoms with van der Waals surface area (Å²) in [6.45, 7) is 1.12. The van der Waals surface area contributed by atoms with Crippen molar-refractivity contribution >= 4 is 11.9 Å². The minimum atomic E-state index is -1.72. The minimum absolute atomic E-state index is 1.12. The summed E-state index contributed by atoms with van der Waals surface area (Å²) in [7, 11) is 0. The number of aliphatic hydroxyl groups excluding tert-OH is 1. The maximum atomic E-state index is 10.0. The van der Waals surface area contributed by atoms with Crippen molar-refractivity contribution in [2.45, 2.75) is 13.0 Å². The van der Waals surface area contributed by atoms with Gasteiger partial charge in [0, 0.05) is 0 Å². The Bertz CT molecular complexity index is 136. The molecule has 10 heavy (non-hydrogen) atoms. The molecule has 0 aromatic carbocycles. The molecular formula is C5H8O5. The van der Waals surface area contributed by atoms with E-state index in [0.29, 0.717) is 0 Å². The molecule has 0 aliphatic heterocycles. The number of carbonyl (C=O) groups is 2. The molecule has 5 heteroatoms. The number of hydrogen-bond acceptors (Lipinski definition) is 3. The Labute approximate surface area is 56.9 Å². The van der Waals surface area contributed by atoms with E-state index in [-0.39, 0.29) is 0 Å². The monoisotopic (exact) mass is 148 g/mol.